The van der Waals surface area contributed by atoms with E-state index >= 15 is 0 Å². The number of nitrogens with two attached hydrogens (primary N) is 1. The second-order valence-corrected chi connectivity index (χ2v) is 7.51. The molecule has 1 aromatic carbocycles. The summed E-state index contributed by atoms with van der Waals surface area (Å²) in [5, 5.41) is 0.331. The molecule has 124 valence electrons. The molecular weight excluding hydrogens is 328 g/mol. The van der Waals surface area contributed by atoms with E-state index in [1.807, 2.05) is 0 Å². The highest BCUT2D eigenvalue weighted by atomic mass is 35.5. The maximum absolute atomic E-state index is 12.4. The van der Waals surface area contributed by atoms with Crippen molar-refractivity contribution in [2.24, 2.45) is 11.7 Å². The van der Waals surface area contributed by atoms with Crippen LogP contribution in [0, 0.1) is 5.92 Å². The van der Waals surface area contributed by atoms with Gasteiger partial charge in [0, 0.05) is 30.1 Å². The monoisotopic (exact) mass is 348 g/mol. The Bertz CT molecular complexity index is 603. The molecule has 0 spiro atoms. The predicted molar refractivity (Wildman–Crippen MR) is 84.7 cm³/mol. The fourth-order valence-electron chi connectivity index (χ4n) is 2.11. The Labute approximate surface area is 136 Å². The third-order valence-corrected chi connectivity index (χ3v) is 5.25. The van der Waals surface area contributed by atoms with Crippen molar-refractivity contribution in [1.82, 2.24) is 4.72 Å². The summed E-state index contributed by atoms with van der Waals surface area (Å²) in [7, 11) is -3.74. The van der Waals surface area contributed by atoms with Crippen molar-refractivity contribution >= 4 is 21.6 Å². The quantitative estimate of drug-likeness (QED) is 0.776. The number of hydrogen-bond donors (Lipinski definition) is 2. The van der Waals surface area contributed by atoms with Crippen molar-refractivity contribution in [2.45, 2.75) is 24.3 Å². The van der Waals surface area contributed by atoms with E-state index in [9.17, 15) is 8.42 Å². The van der Waals surface area contributed by atoms with Gasteiger partial charge in [-0.1, -0.05) is 11.6 Å². The lowest BCUT2D eigenvalue weighted by molar-refractivity contribution is 0.166. The summed E-state index contributed by atoms with van der Waals surface area (Å²) in [6, 6.07) is 4.18. The first kappa shape index (κ1) is 17.5. The smallest absolute Gasteiger partial charge is 0.244 e. The Hall–Kier alpha value is -0.860. The van der Waals surface area contributed by atoms with Crippen molar-refractivity contribution < 1.29 is 17.9 Å². The second-order valence-electron chi connectivity index (χ2n) is 5.39. The van der Waals surface area contributed by atoms with Gasteiger partial charge in [-0.2, -0.15) is 0 Å². The molecular formula is C14H21ClN2O4S. The van der Waals surface area contributed by atoms with Crippen molar-refractivity contribution in [3.8, 4) is 5.75 Å². The Kier molecular flexibility index (Phi) is 6.05. The summed E-state index contributed by atoms with van der Waals surface area (Å²) in [5.74, 6) is 0.565. The Balaban J connectivity index is 2.19. The molecule has 0 bridgehead atoms. The molecule has 0 radical (unpaired) electrons. The highest BCUT2D eigenvalue weighted by Crippen LogP contribution is 2.28. The summed E-state index contributed by atoms with van der Waals surface area (Å²) in [6.45, 7) is 3.66. The van der Waals surface area contributed by atoms with Gasteiger partial charge in [0.2, 0.25) is 10.0 Å². The number of rotatable bonds is 7. The van der Waals surface area contributed by atoms with Crippen LogP contribution in [-0.2, 0) is 14.8 Å². The summed E-state index contributed by atoms with van der Waals surface area (Å²) in [5.41, 5.74) is 5.47. The normalized spacial score (nSPS) is 20.0. The van der Waals surface area contributed by atoms with Crippen LogP contribution in [0.1, 0.15) is 13.3 Å². The number of nitrogens with one attached hydrogen (secondary N) is 1. The predicted octanol–water partition coefficient (Wildman–Crippen LogP) is 1.38. The van der Waals surface area contributed by atoms with Gasteiger partial charge < -0.3 is 15.2 Å². The lowest BCUT2D eigenvalue weighted by atomic mass is 10.1. The van der Waals surface area contributed by atoms with Crippen molar-refractivity contribution in [2.75, 3.05) is 26.4 Å². The Morgan fingerprint density at radius 1 is 1.55 bits per heavy atom. The molecule has 1 aliphatic rings. The minimum absolute atomic E-state index is 0.0271. The van der Waals surface area contributed by atoms with Gasteiger partial charge in [-0.3, -0.25) is 0 Å². The molecule has 1 unspecified atom stereocenters. The molecule has 2 atom stereocenters. The SMILES string of the molecule is C[C@@H](CN)NS(=O)(=O)c1cc(Cl)ccc1OCC1CCOC1. The number of halogens is 1. The molecule has 1 aromatic rings. The van der Waals surface area contributed by atoms with E-state index in [0.29, 0.717) is 18.2 Å². The van der Waals surface area contributed by atoms with E-state index in [2.05, 4.69) is 4.72 Å². The second kappa shape index (κ2) is 7.61. The zero-order valence-corrected chi connectivity index (χ0v) is 14.0. The molecule has 22 heavy (non-hydrogen) atoms. The van der Waals surface area contributed by atoms with E-state index in [0.717, 1.165) is 13.0 Å². The summed E-state index contributed by atoms with van der Waals surface area (Å²) >= 11 is 5.93. The van der Waals surface area contributed by atoms with Crippen LogP contribution in [-0.4, -0.2) is 40.8 Å². The highest BCUT2D eigenvalue weighted by molar-refractivity contribution is 7.89. The van der Waals surface area contributed by atoms with Gasteiger partial charge in [-0.25, -0.2) is 13.1 Å². The van der Waals surface area contributed by atoms with Crippen LogP contribution < -0.4 is 15.2 Å². The first-order valence-electron chi connectivity index (χ1n) is 7.15. The first-order chi connectivity index (χ1) is 10.4. The molecule has 0 aliphatic carbocycles. The maximum Gasteiger partial charge on any atom is 0.244 e. The lowest BCUT2D eigenvalue weighted by Crippen LogP contribution is -2.37. The third-order valence-electron chi connectivity index (χ3n) is 3.40. The minimum atomic E-state index is -3.74. The highest BCUT2D eigenvalue weighted by Gasteiger charge is 2.23. The van der Waals surface area contributed by atoms with Gasteiger partial charge in [0.1, 0.15) is 10.6 Å². The number of ether oxygens (including phenoxy) is 2. The van der Waals surface area contributed by atoms with E-state index in [-0.39, 0.29) is 29.1 Å². The first-order valence-corrected chi connectivity index (χ1v) is 9.01. The van der Waals surface area contributed by atoms with Crippen LogP contribution in [0.15, 0.2) is 23.1 Å². The van der Waals surface area contributed by atoms with Gasteiger partial charge in [-0.05, 0) is 31.5 Å². The van der Waals surface area contributed by atoms with Gasteiger partial charge in [-0.15, -0.1) is 0 Å². The maximum atomic E-state index is 12.4. The van der Waals surface area contributed by atoms with Gasteiger partial charge in [0.25, 0.3) is 0 Å². The topological polar surface area (TPSA) is 90.7 Å². The third kappa shape index (κ3) is 4.57. The molecule has 8 heteroatoms. The van der Waals surface area contributed by atoms with Crippen molar-refractivity contribution in [3.63, 3.8) is 0 Å². The molecule has 2 rings (SSSR count). The molecule has 1 fully saturated rings. The van der Waals surface area contributed by atoms with E-state index in [1.54, 1.807) is 19.1 Å². The van der Waals surface area contributed by atoms with Crippen molar-refractivity contribution in [1.29, 1.82) is 0 Å². The average Bonchev–Trinajstić information content (AvgIpc) is 2.98. The fourth-order valence-corrected chi connectivity index (χ4v) is 3.77. The van der Waals surface area contributed by atoms with E-state index in [4.69, 9.17) is 26.8 Å². The molecule has 0 amide bonds. The Morgan fingerprint density at radius 3 is 2.95 bits per heavy atom. The van der Waals surface area contributed by atoms with E-state index < -0.39 is 10.0 Å². The molecule has 6 nitrogen and oxygen atoms in total. The molecule has 0 aromatic heterocycles. The largest absolute Gasteiger partial charge is 0.492 e. The number of hydrogen-bond acceptors (Lipinski definition) is 5. The minimum Gasteiger partial charge on any atom is -0.492 e. The molecule has 0 saturated carbocycles. The lowest BCUT2D eigenvalue weighted by Gasteiger charge is -2.17. The number of benzene rings is 1. The van der Waals surface area contributed by atoms with Crippen molar-refractivity contribution in [3.05, 3.63) is 23.2 Å². The number of sulfonamides is 1. The fraction of sp³-hybridized carbons (Fsp3) is 0.571. The molecule has 1 saturated heterocycles. The van der Waals surface area contributed by atoms with Crippen LogP contribution in [0.4, 0.5) is 0 Å². The van der Waals surface area contributed by atoms with Crippen LogP contribution in [0.2, 0.25) is 5.02 Å². The van der Waals surface area contributed by atoms with Gasteiger partial charge >= 0.3 is 0 Å². The molecule has 1 heterocycles. The van der Waals surface area contributed by atoms with Crippen LogP contribution in [0.5, 0.6) is 5.75 Å². The average molecular weight is 349 g/mol. The van der Waals surface area contributed by atoms with Crippen LogP contribution >= 0.6 is 11.6 Å². The zero-order valence-electron chi connectivity index (χ0n) is 12.4. The summed E-state index contributed by atoms with van der Waals surface area (Å²) < 4.78 is 38.4. The standard InChI is InChI=1S/C14H21ClN2O4S/c1-10(7-16)17-22(18,19)14-6-12(15)2-3-13(14)21-9-11-4-5-20-8-11/h2-3,6,10-11,17H,4-5,7-9,16H2,1H3/t10-,11?/m0/s1. The van der Waals surface area contributed by atoms with Gasteiger partial charge in [0.05, 0.1) is 13.2 Å². The summed E-state index contributed by atoms with van der Waals surface area (Å²) in [6.07, 6.45) is 0.915. The zero-order chi connectivity index (χ0) is 16.2. The molecule has 1 aliphatic heterocycles. The van der Waals surface area contributed by atoms with Gasteiger partial charge in [0.15, 0.2) is 0 Å². The van der Waals surface area contributed by atoms with Crippen LogP contribution in [0.25, 0.3) is 0 Å². The summed E-state index contributed by atoms with van der Waals surface area (Å²) in [4.78, 5) is 0.0271. The van der Waals surface area contributed by atoms with E-state index in [1.165, 1.54) is 6.07 Å². The molecule has 3 N–H and O–H groups in total. The van der Waals surface area contributed by atoms with Crippen LogP contribution in [0.3, 0.4) is 0 Å². The Morgan fingerprint density at radius 2 is 2.32 bits per heavy atom.